The molecule has 0 saturated heterocycles. The minimum Gasteiger partial charge on any atom is -0.448 e. The molecule has 0 unspecified atom stereocenters. The van der Waals surface area contributed by atoms with Crippen molar-refractivity contribution in [2.75, 3.05) is 19.8 Å². The molecule has 0 atom stereocenters. The largest absolute Gasteiger partial charge is 0.751 e. The second kappa shape index (κ2) is 10.1. The molecule has 0 aromatic carbocycles. The average molecular weight is 290 g/mol. The topological polar surface area (TPSA) is 54.0 Å². The van der Waals surface area contributed by atoms with Crippen LogP contribution >= 0.6 is 0 Å². The van der Waals surface area contributed by atoms with Gasteiger partial charge in [0, 0.05) is 25.4 Å². The lowest BCUT2D eigenvalue weighted by molar-refractivity contribution is -0.140. The summed E-state index contributed by atoms with van der Waals surface area (Å²) in [5.74, 6) is -0.490. The van der Waals surface area contributed by atoms with Gasteiger partial charge in [-0.1, -0.05) is 19.9 Å². The SMILES string of the molecule is C=C(CCCC)C(=O)O[Si](OCC)(OCC)OCC. The summed E-state index contributed by atoms with van der Waals surface area (Å²) in [6.45, 7) is 12.3. The first-order valence-electron chi connectivity index (χ1n) is 6.88. The van der Waals surface area contributed by atoms with Crippen molar-refractivity contribution in [2.24, 2.45) is 0 Å². The summed E-state index contributed by atoms with van der Waals surface area (Å²) in [5, 5.41) is 0. The molecule has 0 saturated carbocycles. The molecule has 112 valence electrons. The first-order valence-corrected chi connectivity index (χ1v) is 8.51. The minimum absolute atomic E-state index is 0.362. The van der Waals surface area contributed by atoms with Crippen molar-refractivity contribution in [3.8, 4) is 0 Å². The van der Waals surface area contributed by atoms with Gasteiger partial charge in [0.15, 0.2) is 0 Å². The normalized spacial score (nSPS) is 11.4. The third kappa shape index (κ3) is 6.86. The van der Waals surface area contributed by atoms with Crippen molar-refractivity contribution in [3.05, 3.63) is 12.2 Å². The second-order valence-electron chi connectivity index (χ2n) is 3.90. The highest BCUT2D eigenvalue weighted by Gasteiger charge is 2.49. The zero-order valence-electron chi connectivity index (χ0n) is 12.5. The Labute approximate surface area is 117 Å². The number of rotatable bonds is 11. The molecule has 0 spiro atoms. The minimum atomic E-state index is -3.37. The van der Waals surface area contributed by atoms with Crippen LogP contribution in [0.15, 0.2) is 12.2 Å². The highest BCUT2D eigenvalue weighted by Crippen LogP contribution is 2.16. The Morgan fingerprint density at radius 2 is 1.47 bits per heavy atom. The van der Waals surface area contributed by atoms with Crippen LogP contribution in [-0.2, 0) is 22.5 Å². The molecule has 0 aliphatic rings. The molecule has 6 heteroatoms. The van der Waals surface area contributed by atoms with Crippen LogP contribution in [0.4, 0.5) is 0 Å². The Kier molecular flexibility index (Phi) is 9.77. The molecule has 0 aromatic heterocycles. The molecular formula is C13H26O5Si. The number of hydrogen-bond acceptors (Lipinski definition) is 5. The summed E-state index contributed by atoms with van der Waals surface area (Å²) in [7, 11) is -3.37. The standard InChI is InChI=1S/C13H26O5Si/c1-6-10-11-12(5)13(14)18-19(15-7-2,16-8-3)17-9-4/h5-11H2,1-4H3. The molecule has 0 radical (unpaired) electrons. The third-order valence-corrected chi connectivity index (χ3v) is 4.66. The van der Waals surface area contributed by atoms with E-state index in [2.05, 4.69) is 13.5 Å². The second-order valence-corrected chi connectivity index (χ2v) is 5.97. The molecule has 0 heterocycles. The van der Waals surface area contributed by atoms with Gasteiger partial charge in [-0.15, -0.1) is 0 Å². The smallest absolute Gasteiger partial charge is 0.448 e. The quantitative estimate of drug-likeness (QED) is 0.432. The highest BCUT2D eigenvalue weighted by molar-refractivity contribution is 6.55. The van der Waals surface area contributed by atoms with Crippen molar-refractivity contribution in [1.82, 2.24) is 0 Å². The van der Waals surface area contributed by atoms with Gasteiger partial charge in [-0.2, -0.15) is 0 Å². The summed E-state index contributed by atoms with van der Waals surface area (Å²) in [6, 6.07) is 0. The van der Waals surface area contributed by atoms with Gasteiger partial charge in [0.2, 0.25) is 0 Å². The van der Waals surface area contributed by atoms with E-state index in [-0.39, 0.29) is 0 Å². The van der Waals surface area contributed by atoms with Crippen LogP contribution in [0.2, 0.25) is 0 Å². The fourth-order valence-electron chi connectivity index (χ4n) is 1.42. The fraction of sp³-hybridized carbons (Fsp3) is 0.769. The lowest BCUT2D eigenvalue weighted by Crippen LogP contribution is -2.50. The summed E-state index contributed by atoms with van der Waals surface area (Å²) >= 11 is 0. The molecule has 0 N–H and O–H groups in total. The number of hydrogen-bond donors (Lipinski definition) is 0. The van der Waals surface area contributed by atoms with E-state index in [1.165, 1.54) is 0 Å². The van der Waals surface area contributed by atoms with E-state index in [4.69, 9.17) is 17.7 Å². The third-order valence-electron chi connectivity index (χ3n) is 2.30. The predicted molar refractivity (Wildman–Crippen MR) is 75.4 cm³/mol. The van der Waals surface area contributed by atoms with E-state index < -0.39 is 15.0 Å². The van der Waals surface area contributed by atoms with E-state index in [9.17, 15) is 4.79 Å². The van der Waals surface area contributed by atoms with Crippen molar-refractivity contribution in [1.29, 1.82) is 0 Å². The number of unbranched alkanes of at least 4 members (excludes halogenated alkanes) is 1. The van der Waals surface area contributed by atoms with E-state index >= 15 is 0 Å². The predicted octanol–water partition coefficient (Wildman–Crippen LogP) is 2.82. The van der Waals surface area contributed by atoms with Crippen molar-refractivity contribution in [2.45, 2.75) is 47.0 Å². The first-order chi connectivity index (χ1) is 9.05. The maximum Gasteiger partial charge on any atom is 0.751 e. The van der Waals surface area contributed by atoms with Gasteiger partial charge in [-0.3, -0.25) is 0 Å². The Morgan fingerprint density at radius 1 is 1.00 bits per heavy atom. The van der Waals surface area contributed by atoms with E-state index in [1.54, 1.807) is 20.8 Å². The molecule has 0 aliphatic heterocycles. The van der Waals surface area contributed by atoms with Crippen LogP contribution in [0.5, 0.6) is 0 Å². The van der Waals surface area contributed by atoms with Crippen LogP contribution in [0, 0.1) is 0 Å². The molecule has 0 amide bonds. The summed E-state index contributed by atoms with van der Waals surface area (Å²) in [6.07, 6.45) is 2.52. The lowest BCUT2D eigenvalue weighted by atomic mass is 10.1. The molecule has 19 heavy (non-hydrogen) atoms. The Balaban J connectivity index is 4.68. The van der Waals surface area contributed by atoms with E-state index in [0.717, 1.165) is 12.8 Å². The monoisotopic (exact) mass is 290 g/mol. The number of carbonyl (C=O) groups excluding carboxylic acids is 1. The molecular weight excluding hydrogens is 264 g/mol. The highest BCUT2D eigenvalue weighted by atomic mass is 28.4. The Bertz CT molecular complexity index is 263. The molecule has 0 bridgehead atoms. The van der Waals surface area contributed by atoms with Crippen LogP contribution in [0.1, 0.15) is 47.0 Å². The average Bonchev–Trinajstić information content (AvgIpc) is 2.36. The summed E-state index contributed by atoms with van der Waals surface area (Å²) in [5.41, 5.74) is 0.429. The van der Waals surface area contributed by atoms with Crippen LogP contribution in [0.3, 0.4) is 0 Å². The van der Waals surface area contributed by atoms with Crippen LogP contribution in [-0.4, -0.2) is 34.8 Å². The fourth-order valence-corrected chi connectivity index (χ4v) is 3.28. The molecule has 5 nitrogen and oxygen atoms in total. The van der Waals surface area contributed by atoms with E-state index in [0.29, 0.717) is 31.8 Å². The van der Waals surface area contributed by atoms with Gasteiger partial charge in [0.05, 0.1) is 0 Å². The molecule has 0 aromatic rings. The maximum absolute atomic E-state index is 12.0. The van der Waals surface area contributed by atoms with Gasteiger partial charge < -0.3 is 17.7 Å². The van der Waals surface area contributed by atoms with Crippen LogP contribution in [0.25, 0.3) is 0 Å². The van der Waals surface area contributed by atoms with Gasteiger partial charge >= 0.3 is 15.0 Å². The summed E-state index contributed by atoms with van der Waals surface area (Å²) < 4.78 is 21.7. The first kappa shape index (κ1) is 18.3. The van der Waals surface area contributed by atoms with Crippen LogP contribution < -0.4 is 0 Å². The van der Waals surface area contributed by atoms with Crippen molar-refractivity contribution in [3.63, 3.8) is 0 Å². The van der Waals surface area contributed by atoms with Crippen molar-refractivity contribution >= 4 is 15.0 Å². The van der Waals surface area contributed by atoms with Gasteiger partial charge in [0.1, 0.15) is 0 Å². The Morgan fingerprint density at radius 3 is 1.84 bits per heavy atom. The number of carbonyl (C=O) groups is 1. The molecule has 0 fully saturated rings. The van der Waals surface area contributed by atoms with Gasteiger partial charge in [-0.05, 0) is 33.6 Å². The van der Waals surface area contributed by atoms with Gasteiger partial charge in [0.25, 0.3) is 0 Å². The Hall–Kier alpha value is -0.693. The lowest BCUT2D eigenvalue weighted by Gasteiger charge is -2.26. The van der Waals surface area contributed by atoms with Crippen molar-refractivity contribution < 1.29 is 22.5 Å². The molecule has 0 rings (SSSR count). The van der Waals surface area contributed by atoms with Gasteiger partial charge in [-0.25, -0.2) is 4.79 Å². The summed E-state index contributed by atoms with van der Waals surface area (Å²) in [4.78, 5) is 12.0. The zero-order valence-corrected chi connectivity index (χ0v) is 13.5. The zero-order chi connectivity index (χ0) is 14.7. The molecule has 0 aliphatic carbocycles. The maximum atomic E-state index is 12.0. The van der Waals surface area contributed by atoms with E-state index in [1.807, 2.05) is 0 Å².